The third kappa shape index (κ3) is 3.37. The van der Waals surface area contributed by atoms with Gasteiger partial charge in [-0.15, -0.1) is 0 Å². The summed E-state index contributed by atoms with van der Waals surface area (Å²) in [4.78, 5) is 0. The molecular weight excluding hydrogens is 308 g/mol. The first-order valence-corrected chi connectivity index (χ1v) is 7.69. The standard InChI is InChI=1S/C17H16N4OS/c1-2-22-15-11-7-6-10-14(15)16-19-20-17(23)21(16)18-12-13-8-4-3-5-9-13/h3-12H,2H2,1H3,(H,20,23)/b18-12+. The van der Waals surface area contributed by atoms with Crippen LogP contribution in [-0.2, 0) is 0 Å². The van der Waals surface area contributed by atoms with Gasteiger partial charge in [-0.1, -0.05) is 42.5 Å². The largest absolute Gasteiger partial charge is 0.493 e. The van der Waals surface area contributed by atoms with Crippen molar-refractivity contribution in [3.8, 4) is 17.1 Å². The normalized spacial score (nSPS) is 11.0. The predicted octanol–water partition coefficient (Wildman–Crippen LogP) is 3.89. The average molecular weight is 324 g/mol. The minimum atomic E-state index is 0.429. The van der Waals surface area contributed by atoms with E-state index in [1.165, 1.54) is 0 Å². The van der Waals surface area contributed by atoms with Crippen LogP contribution in [0.15, 0.2) is 59.7 Å². The molecule has 0 aliphatic rings. The number of hydrogen-bond acceptors (Lipinski definition) is 4. The fourth-order valence-corrected chi connectivity index (χ4v) is 2.35. The number of aromatic nitrogens is 3. The molecule has 1 N–H and O–H groups in total. The van der Waals surface area contributed by atoms with Crippen LogP contribution >= 0.6 is 12.2 Å². The van der Waals surface area contributed by atoms with Gasteiger partial charge in [0, 0.05) is 0 Å². The van der Waals surface area contributed by atoms with Crippen LogP contribution in [0, 0.1) is 4.77 Å². The Hall–Kier alpha value is -2.73. The zero-order valence-electron chi connectivity index (χ0n) is 12.6. The number of benzene rings is 2. The van der Waals surface area contributed by atoms with Crippen LogP contribution in [0.3, 0.4) is 0 Å². The molecule has 0 bridgehead atoms. The van der Waals surface area contributed by atoms with Gasteiger partial charge >= 0.3 is 0 Å². The predicted molar refractivity (Wildman–Crippen MR) is 93.5 cm³/mol. The Morgan fingerprint density at radius 1 is 1.17 bits per heavy atom. The van der Waals surface area contributed by atoms with Crippen molar-refractivity contribution in [2.45, 2.75) is 6.92 Å². The second-order valence-electron chi connectivity index (χ2n) is 4.75. The molecule has 0 radical (unpaired) electrons. The summed E-state index contributed by atoms with van der Waals surface area (Å²) in [6, 6.07) is 17.5. The van der Waals surface area contributed by atoms with E-state index in [2.05, 4.69) is 15.3 Å². The van der Waals surface area contributed by atoms with Gasteiger partial charge in [0.15, 0.2) is 5.82 Å². The number of hydrogen-bond donors (Lipinski definition) is 1. The molecule has 0 saturated carbocycles. The van der Waals surface area contributed by atoms with Gasteiger partial charge in [0.05, 0.1) is 18.4 Å². The summed E-state index contributed by atoms with van der Waals surface area (Å²) >= 11 is 5.29. The van der Waals surface area contributed by atoms with E-state index in [-0.39, 0.29) is 0 Å². The molecule has 23 heavy (non-hydrogen) atoms. The second-order valence-corrected chi connectivity index (χ2v) is 5.14. The lowest BCUT2D eigenvalue weighted by Gasteiger charge is -2.08. The van der Waals surface area contributed by atoms with Crippen molar-refractivity contribution in [1.29, 1.82) is 0 Å². The van der Waals surface area contributed by atoms with E-state index in [0.29, 0.717) is 17.2 Å². The minimum absolute atomic E-state index is 0.429. The Morgan fingerprint density at radius 3 is 2.70 bits per heavy atom. The summed E-state index contributed by atoms with van der Waals surface area (Å²) in [5.41, 5.74) is 1.83. The molecule has 0 unspecified atom stereocenters. The number of H-pyrrole nitrogens is 1. The van der Waals surface area contributed by atoms with Gasteiger partial charge in [0.25, 0.3) is 0 Å². The van der Waals surface area contributed by atoms with E-state index in [1.807, 2.05) is 61.5 Å². The maximum Gasteiger partial charge on any atom is 0.216 e. The molecule has 0 amide bonds. The highest BCUT2D eigenvalue weighted by atomic mass is 32.1. The molecule has 3 rings (SSSR count). The lowest BCUT2D eigenvalue weighted by Crippen LogP contribution is -1.99. The van der Waals surface area contributed by atoms with Crippen LogP contribution < -0.4 is 4.74 Å². The highest BCUT2D eigenvalue weighted by Crippen LogP contribution is 2.28. The van der Waals surface area contributed by atoms with Crippen LogP contribution in [0.5, 0.6) is 5.75 Å². The maximum atomic E-state index is 5.67. The summed E-state index contributed by atoms with van der Waals surface area (Å²) in [7, 11) is 0. The Bertz CT molecular complexity index is 868. The van der Waals surface area contributed by atoms with Gasteiger partial charge in [-0.2, -0.15) is 14.9 Å². The fourth-order valence-electron chi connectivity index (χ4n) is 2.17. The van der Waals surface area contributed by atoms with Gasteiger partial charge in [-0.25, -0.2) is 5.10 Å². The third-order valence-corrected chi connectivity index (χ3v) is 3.46. The average Bonchev–Trinajstić information content (AvgIpc) is 2.95. The van der Waals surface area contributed by atoms with E-state index < -0.39 is 0 Å². The van der Waals surface area contributed by atoms with Crippen LogP contribution in [0.25, 0.3) is 11.4 Å². The van der Waals surface area contributed by atoms with Crippen molar-refractivity contribution in [3.05, 3.63) is 64.9 Å². The van der Waals surface area contributed by atoms with Crippen molar-refractivity contribution in [1.82, 2.24) is 14.9 Å². The number of rotatable bonds is 5. The van der Waals surface area contributed by atoms with Crippen LogP contribution in [0.2, 0.25) is 0 Å². The summed E-state index contributed by atoms with van der Waals surface area (Å²) in [5, 5.41) is 11.5. The zero-order valence-corrected chi connectivity index (χ0v) is 13.5. The molecule has 2 aromatic carbocycles. The minimum Gasteiger partial charge on any atom is -0.493 e. The molecule has 1 heterocycles. The monoisotopic (exact) mass is 324 g/mol. The molecule has 116 valence electrons. The lowest BCUT2D eigenvalue weighted by atomic mass is 10.2. The van der Waals surface area contributed by atoms with E-state index in [9.17, 15) is 0 Å². The first-order chi connectivity index (χ1) is 11.3. The quantitative estimate of drug-likeness (QED) is 0.572. The Balaban J connectivity index is 2.03. The Morgan fingerprint density at radius 2 is 1.91 bits per heavy atom. The van der Waals surface area contributed by atoms with E-state index in [4.69, 9.17) is 17.0 Å². The molecule has 1 aromatic heterocycles. The maximum absolute atomic E-state index is 5.67. The molecule has 6 heteroatoms. The molecular formula is C17H16N4OS. The van der Waals surface area contributed by atoms with Gasteiger partial charge in [0.1, 0.15) is 5.75 Å². The Labute approximate surface area is 139 Å². The van der Waals surface area contributed by atoms with Crippen molar-refractivity contribution in [2.75, 3.05) is 6.61 Å². The highest BCUT2D eigenvalue weighted by Gasteiger charge is 2.13. The van der Waals surface area contributed by atoms with Crippen molar-refractivity contribution >= 4 is 18.4 Å². The third-order valence-electron chi connectivity index (χ3n) is 3.20. The second kappa shape index (κ2) is 7.02. The van der Waals surface area contributed by atoms with Crippen molar-refractivity contribution in [3.63, 3.8) is 0 Å². The SMILES string of the molecule is CCOc1ccccc1-c1n[nH]c(=S)n1/N=C/c1ccccc1. The van der Waals surface area contributed by atoms with E-state index in [1.54, 1.807) is 10.9 Å². The lowest BCUT2D eigenvalue weighted by molar-refractivity contribution is 0.341. The van der Waals surface area contributed by atoms with Gasteiger partial charge in [0.2, 0.25) is 4.77 Å². The van der Waals surface area contributed by atoms with E-state index in [0.717, 1.165) is 16.9 Å². The molecule has 0 aliphatic carbocycles. The van der Waals surface area contributed by atoms with Crippen LogP contribution in [0.4, 0.5) is 0 Å². The van der Waals surface area contributed by atoms with Crippen LogP contribution in [-0.4, -0.2) is 27.7 Å². The van der Waals surface area contributed by atoms with E-state index >= 15 is 0 Å². The molecule has 3 aromatic rings. The number of aromatic amines is 1. The fraction of sp³-hybridized carbons (Fsp3) is 0.118. The van der Waals surface area contributed by atoms with Crippen LogP contribution in [0.1, 0.15) is 12.5 Å². The number of nitrogens with one attached hydrogen (secondary N) is 1. The highest BCUT2D eigenvalue weighted by molar-refractivity contribution is 7.71. The number of nitrogens with zero attached hydrogens (tertiary/aromatic N) is 3. The smallest absolute Gasteiger partial charge is 0.216 e. The summed E-state index contributed by atoms with van der Waals surface area (Å²) in [5.74, 6) is 1.37. The molecule has 0 atom stereocenters. The topological polar surface area (TPSA) is 55.2 Å². The molecule has 0 fully saturated rings. The summed E-state index contributed by atoms with van der Waals surface area (Å²) in [6.45, 7) is 2.52. The van der Waals surface area contributed by atoms with Gasteiger partial charge in [-0.3, -0.25) is 0 Å². The van der Waals surface area contributed by atoms with Crippen molar-refractivity contribution in [2.24, 2.45) is 5.10 Å². The van der Waals surface area contributed by atoms with Gasteiger partial charge < -0.3 is 4.74 Å². The number of para-hydroxylation sites is 1. The summed E-state index contributed by atoms with van der Waals surface area (Å²) in [6.07, 6.45) is 1.75. The van der Waals surface area contributed by atoms with Crippen molar-refractivity contribution < 1.29 is 4.74 Å². The number of ether oxygens (including phenoxy) is 1. The first-order valence-electron chi connectivity index (χ1n) is 7.28. The zero-order chi connectivity index (χ0) is 16.1. The summed E-state index contributed by atoms with van der Waals surface area (Å²) < 4.78 is 7.69. The van der Waals surface area contributed by atoms with Gasteiger partial charge in [-0.05, 0) is 36.8 Å². The molecule has 0 saturated heterocycles. The first kappa shape index (κ1) is 15.2. The molecule has 5 nitrogen and oxygen atoms in total. The molecule has 0 spiro atoms. The molecule has 0 aliphatic heterocycles. The Kier molecular flexibility index (Phi) is 4.63.